The van der Waals surface area contributed by atoms with Crippen LogP contribution < -0.4 is 10.1 Å². The predicted molar refractivity (Wildman–Crippen MR) is 94.4 cm³/mol. The van der Waals surface area contributed by atoms with Gasteiger partial charge in [0, 0.05) is 24.2 Å². The average molecular weight is 330 g/mol. The Morgan fingerprint density at radius 1 is 1.04 bits per heavy atom. The van der Waals surface area contributed by atoms with Crippen molar-refractivity contribution in [1.29, 1.82) is 0 Å². The number of ether oxygens (including phenoxy) is 1. The molecule has 3 aliphatic rings. The van der Waals surface area contributed by atoms with Crippen LogP contribution in [0.1, 0.15) is 42.8 Å². The summed E-state index contributed by atoms with van der Waals surface area (Å²) in [4.78, 5) is 11.6. The Kier molecular flexibility index (Phi) is 4.72. The van der Waals surface area contributed by atoms with Gasteiger partial charge in [0.25, 0.3) is 0 Å². The number of nitrogens with one attached hydrogen (secondary N) is 1. The number of fused-ring (bicyclic) bond motifs is 1. The number of piperidine rings is 2. The molecule has 5 nitrogen and oxygen atoms in total. The first kappa shape index (κ1) is 16.3. The van der Waals surface area contributed by atoms with E-state index in [-0.39, 0.29) is 6.10 Å². The van der Waals surface area contributed by atoms with E-state index < -0.39 is 0 Å². The highest BCUT2D eigenvalue weighted by Gasteiger charge is 2.31. The van der Waals surface area contributed by atoms with Gasteiger partial charge in [-0.2, -0.15) is 4.98 Å². The van der Waals surface area contributed by atoms with Crippen molar-refractivity contribution in [3.05, 3.63) is 17.1 Å². The predicted octanol–water partition coefficient (Wildman–Crippen LogP) is 2.11. The molecule has 1 atom stereocenters. The number of hydrogen-bond donors (Lipinski definition) is 1. The van der Waals surface area contributed by atoms with E-state index in [1.54, 1.807) is 0 Å². The van der Waals surface area contributed by atoms with E-state index in [0.29, 0.717) is 0 Å². The summed E-state index contributed by atoms with van der Waals surface area (Å²) in [6.45, 7) is 9.95. The van der Waals surface area contributed by atoms with E-state index in [1.165, 1.54) is 57.4 Å². The number of likely N-dealkylation sites (tertiary alicyclic amines) is 1. The Hall–Kier alpha value is -1.20. The number of aromatic nitrogens is 2. The second-order valence-electron chi connectivity index (χ2n) is 7.81. The molecule has 1 aromatic heterocycles. The van der Waals surface area contributed by atoms with Crippen molar-refractivity contribution in [2.24, 2.45) is 11.8 Å². The fourth-order valence-electron chi connectivity index (χ4n) is 4.78. The molecule has 1 aromatic rings. The van der Waals surface area contributed by atoms with E-state index in [1.807, 2.05) is 6.92 Å². The highest BCUT2D eigenvalue weighted by atomic mass is 16.5. The maximum atomic E-state index is 6.11. The first-order valence-electron chi connectivity index (χ1n) is 9.63. The van der Waals surface area contributed by atoms with Gasteiger partial charge in [-0.1, -0.05) is 0 Å². The highest BCUT2D eigenvalue weighted by molar-refractivity contribution is 5.34. The second-order valence-corrected chi connectivity index (χ2v) is 7.81. The Morgan fingerprint density at radius 2 is 1.75 bits per heavy atom. The van der Waals surface area contributed by atoms with Gasteiger partial charge < -0.3 is 10.1 Å². The molecule has 24 heavy (non-hydrogen) atoms. The van der Waals surface area contributed by atoms with E-state index in [2.05, 4.69) is 27.1 Å². The number of aryl methyl sites for hydroxylation is 2. The molecule has 4 rings (SSSR count). The smallest absolute Gasteiger partial charge is 0.220 e. The van der Waals surface area contributed by atoms with Crippen molar-refractivity contribution >= 4 is 0 Å². The van der Waals surface area contributed by atoms with Gasteiger partial charge in [0.1, 0.15) is 11.9 Å². The molecule has 0 aromatic carbocycles. The van der Waals surface area contributed by atoms with Crippen molar-refractivity contribution in [3.63, 3.8) is 0 Å². The third-order valence-electron chi connectivity index (χ3n) is 6.14. The van der Waals surface area contributed by atoms with Crippen molar-refractivity contribution in [2.75, 3.05) is 32.7 Å². The summed E-state index contributed by atoms with van der Waals surface area (Å²) in [6.07, 6.45) is 6.71. The maximum absolute atomic E-state index is 6.11. The van der Waals surface area contributed by atoms with Crippen molar-refractivity contribution < 1.29 is 4.74 Å². The van der Waals surface area contributed by atoms with Crippen molar-refractivity contribution in [1.82, 2.24) is 20.2 Å². The second kappa shape index (κ2) is 6.96. The first-order chi connectivity index (χ1) is 11.7. The Bertz CT molecular complexity index is 577. The molecule has 0 radical (unpaired) electrons. The van der Waals surface area contributed by atoms with Crippen molar-refractivity contribution in [3.8, 4) is 5.88 Å². The van der Waals surface area contributed by atoms with Crippen LogP contribution in [-0.4, -0.2) is 53.7 Å². The number of nitrogens with zero attached hydrogens (tertiary/aromatic N) is 3. The molecule has 2 fully saturated rings. The van der Waals surface area contributed by atoms with Crippen LogP contribution in [0.25, 0.3) is 0 Å². The molecule has 132 valence electrons. The standard InChI is InChI=1S/C19H30N4O/c1-13-18-11-17(24-19(18)22-14(2)21-13)12-23-9-5-16(6-10-23)15-3-7-20-8-4-15/h15-17,20H,3-12H2,1-2H3. The lowest BCUT2D eigenvalue weighted by Gasteiger charge is -2.38. The SMILES string of the molecule is Cc1nc(C)c2c(n1)OC(CN1CCC(C3CCNCC3)CC1)C2. The van der Waals surface area contributed by atoms with Crippen LogP contribution >= 0.6 is 0 Å². The molecule has 2 saturated heterocycles. The minimum atomic E-state index is 0.255. The number of hydrogen-bond acceptors (Lipinski definition) is 5. The molecule has 0 saturated carbocycles. The molecule has 1 N–H and O–H groups in total. The Labute approximate surface area is 145 Å². The Balaban J connectivity index is 1.28. The zero-order valence-corrected chi connectivity index (χ0v) is 15.1. The lowest BCUT2D eigenvalue weighted by molar-refractivity contribution is 0.0918. The minimum absolute atomic E-state index is 0.255. The van der Waals surface area contributed by atoms with Crippen LogP contribution in [-0.2, 0) is 6.42 Å². The molecule has 4 heterocycles. The summed E-state index contributed by atoms with van der Waals surface area (Å²) in [5, 5.41) is 3.49. The molecule has 0 amide bonds. The van der Waals surface area contributed by atoms with Gasteiger partial charge in [-0.15, -0.1) is 0 Å². The van der Waals surface area contributed by atoms with E-state index in [9.17, 15) is 0 Å². The van der Waals surface area contributed by atoms with Crippen molar-refractivity contribution in [2.45, 2.75) is 52.1 Å². The van der Waals surface area contributed by atoms with Gasteiger partial charge in [0.05, 0.1) is 0 Å². The van der Waals surface area contributed by atoms with Gasteiger partial charge in [-0.25, -0.2) is 4.98 Å². The first-order valence-corrected chi connectivity index (χ1v) is 9.63. The molecule has 1 unspecified atom stereocenters. The summed E-state index contributed by atoms with van der Waals surface area (Å²) in [5.41, 5.74) is 2.31. The van der Waals surface area contributed by atoms with E-state index in [4.69, 9.17) is 4.74 Å². The van der Waals surface area contributed by atoms with Crippen LogP contribution in [0.3, 0.4) is 0 Å². The third-order valence-corrected chi connectivity index (χ3v) is 6.14. The molecular formula is C19H30N4O. The van der Waals surface area contributed by atoms with E-state index in [0.717, 1.165) is 42.2 Å². The van der Waals surface area contributed by atoms with Gasteiger partial charge in [-0.05, 0) is 77.5 Å². The lowest BCUT2D eigenvalue weighted by atomic mass is 9.79. The summed E-state index contributed by atoms with van der Waals surface area (Å²) in [7, 11) is 0. The fourth-order valence-corrected chi connectivity index (χ4v) is 4.78. The number of rotatable bonds is 3. The zero-order chi connectivity index (χ0) is 16.5. The zero-order valence-electron chi connectivity index (χ0n) is 15.1. The minimum Gasteiger partial charge on any atom is -0.472 e. The van der Waals surface area contributed by atoms with Gasteiger partial charge >= 0.3 is 0 Å². The largest absolute Gasteiger partial charge is 0.472 e. The molecular weight excluding hydrogens is 300 g/mol. The quantitative estimate of drug-likeness (QED) is 0.920. The van der Waals surface area contributed by atoms with Gasteiger partial charge in [0.15, 0.2) is 0 Å². The van der Waals surface area contributed by atoms with Gasteiger partial charge in [0.2, 0.25) is 5.88 Å². The molecule has 3 aliphatic heterocycles. The molecule has 0 bridgehead atoms. The highest BCUT2D eigenvalue weighted by Crippen LogP contribution is 2.32. The summed E-state index contributed by atoms with van der Waals surface area (Å²) in [6, 6.07) is 0. The molecule has 5 heteroatoms. The van der Waals surface area contributed by atoms with Crippen LogP contribution in [0.2, 0.25) is 0 Å². The Morgan fingerprint density at radius 3 is 2.50 bits per heavy atom. The normalized spacial score (nSPS) is 26.3. The van der Waals surface area contributed by atoms with Crippen LogP contribution in [0, 0.1) is 25.7 Å². The monoisotopic (exact) mass is 330 g/mol. The third kappa shape index (κ3) is 3.42. The van der Waals surface area contributed by atoms with Gasteiger partial charge in [-0.3, -0.25) is 4.90 Å². The maximum Gasteiger partial charge on any atom is 0.220 e. The average Bonchev–Trinajstić information content (AvgIpc) is 2.99. The topological polar surface area (TPSA) is 50.3 Å². The van der Waals surface area contributed by atoms with Crippen LogP contribution in [0.5, 0.6) is 5.88 Å². The van der Waals surface area contributed by atoms with E-state index >= 15 is 0 Å². The summed E-state index contributed by atoms with van der Waals surface area (Å²) >= 11 is 0. The fraction of sp³-hybridized carbons (Fsp3) is 0.789. The molecule has 0 spiro atoms. The summed E-state index contributed by atoms with van der Waals surface area (Å²) in [5.74, 6) is 3.55. The lowest BCUT2D eigenvalue weighted by Crippen LogP contribution is -2.43. The molecule has 0 aliphatic carbocycles. The van der Waals surface area contributed by atoms with Crippen LogP contribution in [0.4, 0.5) is 0 Å². The van der Waals surface area contributed by atoms with Crippen LogP contribution in [0.15, 0.2) is 0 Å². The summed E-state index contributed by atoms with van der Waals surface area (Å²) < 4.78 is 6.11.